The topological polar surface area (TPSA) is 79.4 Å². The molecule has 0 aliphatic rings. The third kappa shape index (κ3) is 5.95. The number of aromatic nitrogens is 2. The summed E-state index contributed by atoms with van der Waals surface area (Å²) >= 11 is 0. The van der Waals surface area contributed by atoms with Gasteiger partial charge in [0.15, 0.2) is 0 Å². The van der Waals surface area contributed by atoms with Crippen LogP contribution in [0, 0.1) is 6.92 Å². The molecule has 33 heavy (non-hydrogen) atoms. The van der Waals surface area contributed by atoms with E-state index >= 15 is 0 Å². The van der Waals surface area contributed by atoms with Crippen molar-refractivity contribution in [2.45, 2.75) is 26.9 Å². The van der Waals surface area contributed by atoms with Crippen molar-refractivity contribution >= 4 is 12.1 Å². The lowest BCUT2D eigenvalue weighted by Crippen LogP contribution is -2.17. The van der Waals surface area contributed by atoms with Gasteiger partial charge in [0.1, 0.15) is 18.1 Å². The highest BCUT2D eigenvalue weighted by Crippen LogP contribution is 2.22. The molecule has 3 aromatic carbocycles. The molecule has 4 aromatic rings. The summed E-state index contributed by atoms with van der Waals surface area (Å²) in [5, 5.41) is 11.0. The van der Waals surface area contributed by atoms with E-state index in [0.717, 1.165) is 28.9 Å². The molecule has 1 aromatic heterocycles. The lowest BCUT2D eigenvalue weighted by atomic mass is 10.1. The minimum atomic E-state index is -0.353. The summed E-state index contributed by atoms with van der Waals surface area (Å²) in [6.45, 7) is 4.68. The Bertz CT molecular complexity index is 1220. The van der Waals surface area contributed by atoms with Crippen LogP contribution in [-0.2, 0) is 13.0 Å². The summed E-state index contributed by atoms with van der Waals surface area (Å²) in [7, 11) is 0. The van der Waals surface area contributed by atoms with Crippen LogP contribution < -0.4 is 10.2 Å². The van der Waals surface area contributed by atoms with E-state index in [4.69, 9.17) is 4.74 Å². The molecule has 1 heterocycles. The van der Waals surface area contributed by atoms with Gasteiger partial charge in [-0.2, -0.15) is 10.2 Å². The number of aryl methyl sites for hydroxylation is 2. The zero-order valence-electron chi connectivity index (χ0n) is 18.7. The van der Waals surface area contributed by atoms with Crippen molar-refractivity contribution in [2.75, 3.05) is 0 Å². The number of carbonyl (C=O) groups is 1. The molecule has 6 heteroatoms. The van der Waals surface area contributed by atoms with E-state index in [1.165, 1.54) is 11.1 Å². The van der Waals surface area contributed by atoms with Gasteiger partial charge in [-0.3, -0.25) is 9.89 Å². The Labute approximate surface area is 193 Å². The Morgan fingerprint density at radius 3 is 2.39 bits per heavy atom. The molecule has 0 fully saturated rings. The fourth-order valence-electron chi connectivity index (χ4n) is 3.22. The highest BCUT2D eigenvalue weighted by atomic mass is 16.5. The van der Waals surface area contributed by atoms with Crippen LogP contribution in [0.2, 0.25) is 0 Å². The van der Waals surface area contributed by atoms with E-state index in [0.29, 0.717) is 18.0 Å². The highest BCUT2D eigenvalue weighted by Gasteiger charge is 2.10. The van der Waals surface area contributed by atoms with Gasteiger partial charge in [-0.05, 0) is 60.4 Å². The number of carbonyl (C=O) groups excluding carboxylic acids is 1. The fourth-order valence-corrected chi connectivity index (χ4v) is 3.22. The molecule has 0 bridgehead atoms. The quantitative estimate of drug-likeness (QED) is 0.290. The van der Waals surface area contributed by atoms with Crippen LogP contribution >= 0.6 is 0 Å². The maximum absolute atomic E-state index is 12.4. The van der Waals surface area contributed by atoms with E-state index < -0.39 is 0 Å². The van der Waals surface area contributed by atoms with Gasteiger partial charge < -0.3 is 4.74 Å². The van der Waals surface area contributed by atoms with Gasteiger partial charge in [0.2, 0.25) is 0 Å². The molecule has 2 N–H and O–H groups in total. The number of benzene rings is 3. The van der Waals surface area contributed by atoms with Crippen LogP contribution in [0.4, 0.5) is 0 Å². The van der Waals surface area contributed by atoms with Crippen molar-refractivity contribution in [3.05, 3.63) is 107 Å². The molecule has 6 nitrogen and oxygen atoms in total. The maximum atomic E-state index is 12.4. The van der Waals surface area contributed by atoms with Crippen LogP contribution in [0.25, 0.3) is 11.3 Å². The maximum Gasteiger partial charge on any atom is 0.289 e. The van der Waals surface area contributed by atoms with Crippen molar-refractivity contribution in [3.63, 3.8) is 0 Å². The number of rotatable bonds is 8. The number of aromatic amines is 1. The first-order valence-electron chi connectivity index (χ1n) is 10.9. The van der Waals surface area contributed by atoms with Gasteiger partial charge in [-0.1, -0.05) is 61.0 Å². The van der Waals surface area contributed by atoms with Crippen molar-refractivity contribution in [2.24, 2.45) is 5.10 Å². The molecule has 0 saturated heterocycles. The molecule has 0 atom stereocenters. The van der Waals surface area contributed by atoms with Crippen LogP contribution in [0.5, 0.6) is 5.75 Å². The lowest BCUT2D eigenvalue weighted by Gasteiger charge is -2.07. The van der Waals surface area contributed by atoms with Crippen molar-refractivity contribution < 1.29 is 9.53 Å². The van der Waals surface area contributed by atoms with Gasteiger partial charge >= 0.3 is 0 Å². The highest BCUT2D eigenvalue weighted by molar-refractivity contribution is 5.94. The van der Waals surface area contributed by atoms with Crippen LogP contribution in [0.3, 0.4) is 0 Å². The molecule has 0 spiro atoms. The van der Waals surface area contributed by atoms with Gasteiger partial charge in [0.25, 0.3) is 5.91 Å². The molecule has 0 radical (unpaired) electrons. The van der Waals surface area contributed by atoms with Gasteiger partial charge in [-0.15, -0.1) is 0 Å². The summed E-state index contributed by atoms with van der Waals surface area (Å²) in [5.74, 6) is 0.419. The van der Waals surface area contributed by atoms with E-state index in [1.807, 2.05) is 48.5 Å². The third-order valence-corrected chi connectivity index (χ3v) is 5.27. The lowest BCUT2D eigenvalue weighted by molar-refractivity contribution is 0.0950. The Balaban J connectivity index is 1.32. The summed E-state index contributed by atoms with van der Waals surface area (Å²) in [6.07, 6.45) is 2.60. The zero-order valence-corrected chi connectivity index (χ0v) is 18.7. The fraction of sp³-hybridized carbons (Fsp3) is 0.148. The van der Waals surface area contributed by atoms with Gasteiger partial charge in [0.05, 0.1) is 11.9 Å². The number of H-pyrrole nitrogens is 1. The van der Waals surface area contributed by atoms with E-state index in [-0.39, 0.29) is 5.91 Å². The first-order chi connectivity index (χ1) is 16.1. The van der Waals surface area contributed by atoms with Crippen molar-refractivity contribution in [1.82, 2.24) is 15.6 Å². The van der Waals surface area contributed by atoms with Gasteiger partial charge in [0, 0.05) is 5.56 Å². The molecule has 1 amide bonds. The Morgan fingerprint density at radius 1 is 1.00 bits per heavy atom. The van der Waals surface area contributed by atoms with E-state index in [9.17, 15) is 4.79 Å². The van der Waals surface area contributed by atoms with Gasteiger partial charge in [-0.25, -0.2) is 5.43 Å². The number of nitrogens with one attached hydrogen (secondary N) is 2. The molecule has 166 valence electrons. The second-order valence-corrected chi connectivity index (χ2v) is 7.76. The summed E-state index contributed by atoms with van der Waals surface area (Å²) in [6, 6.07) is 25.6. The minimum Gasteiger partial charge on any atom is -0.489 e. The summed E-state index contributed by atoms with van der Waals surface area (Å²) in [4.78, 5) is 12.4. The number of hydrazone groups is 1. The molecule has 0 aliphatic carbocycles. The smallest absolute Gasteiger partial charge is 0.289 e. The van der Waals surface area contributed by atoms with E-state index in [2.05, 4.69) is 58.8 Å². The predicted octanol–water partition coefficient (Wildman–Crippen LogP) is 5.29. The Morgan fingerprint density at radius 2 is 1.70 bits per heavy atom. The third-order valence-electron chi connectivity index (χ3n) is 5.27. The molecular weight excluding hydrogens is 412 g/mol. The minimum absolute atomic E-state index is 0.336. The molecule has 0 saturated carbocycles. The predicted molar refractivity (Wildman–Crippen MR) is 130 cm³/mol. The number of hydrogen-bond donors (Lipinski definition) is 2. The van der Waals surface area contributed by atoms with Crippen molar-refractivity contribution in [1.29, 1.82) is 0 Å². The zero-order chi connectivity index (χ0) is 23.0. The van der Waals surface area contributed by atoms with Crippen LogP contribution in [0.1, 0.15) is 39.7 Å². The molecular formula is C27H26N4O2. The van der Waals surface area contributed by atoms with Crippen LogP contribution in [0.15, 0.2) is 84.0 Å². The summed E-state index contributed by atoms with van der Waals surface area (Å²) in [5.41, 5.74) is 8.93. The largest absolute Gasteiger partial charge is 0.489 e. The first kappa shape index (κ1) is 22.0. The Hall–Kier alpha value is -4.19. The number of amides is 1. The van der Waals surface area contributed by atoms with Crippen LogP contribution in [-0.4, -0.2) is 22.3 Å². The SMILES string of the molecule is CCc1ccc(/C=N\NC(=O)c2cc(-c3ccc(OCc4ccc(C)cc4)cc3)n[nH]2)cc1. The molecule has 0 aliphatic heterocycles. The number of nitrogens with zero attached hydrogens (tertiary/aromatic N) is 2. The van der Waals surface area contributed by atoms with E-state index in [1.54, 1.807) is 12.3 Å². The second-order valence-electron chi connectivity index (χ2n) is 7.76. The summed E-state index contributed by atoms with van der Waals surface area (Å²) < 4.78 is 5.85. The standard InChI is InChI=1S/C27H26N4O2/c1-3-20-8-10-21(11-9-20)17-28-31-27(32)26-16-25(29-30-26)23-12-14-24(15-13-23)33-18-22-6-4-19(2)5-7-22/h4-17H,3,18H2,1-2H3,(H,29,30)(H,31,32)/b28-17-. The second kappa shape index (κ2) is 10.4. The monoisotopic (exact) mass is 438 g/mol. The van der Waals surface area contributed by atoms with Crippen molar-refractivity contribution in [3.8, 4) is 17.0 Å². The number of hydrogen-bond acceptors (Lipinski definition) is 4. The average Bonchev–Trinajstić information content (AvgIpc) is 3.35. The average molecular weight is 439 g/mol. The normalized spacial score (nSPS) is 11.0. The molecule has 4 rings (SSSR count). The Kier molecular flexibility index (Phi) is 6.95. The number of ether oxygens (including phenoxy) is 1. The first-order valence-corrected chi connectivity index (χ1v) is 10.9. The molecule has 0 unspecified atom stereocenters.